The summed E-state index contributed by atoms with van der Waals surface area (Å²) in [7, 11) is 0. The van der Waals surface area contributed by atoms with Crippen LogP contribution in [-0.2, 0) is 6.42 Å². The molecular weight excluding hydrogens is 442 g/mol. The molecule has 0 radical (unpaired) electrons. The Kier molecular flexibility index (Phi) is 5.59. The highest BCUT2D eigenvalue weighted by Crippen LogP contribution is 2.24. The number of hydrazone groups is 1. The third kappa shape index (κ3) is 3.83. The Morgan fingerprint density at radius 2 is 1.97 bits per heavy atom. The molecule has 2 aromatic heterocycles. The Morgan fingerprint density at radius 3 is 2.77 bits per heavy atom. The standard InChI is InChI=1S/C24H22BrN3O2/c1-4-17-7-5-6-8-21(17)28-15(2)11-19(16(28)3)14-26-27-24(29)23-13-18-12-20(25)9-10-22(18)30-23/h5-14H,4H2,1-3H3,(H,27,29)/b26-14+. The Bertz CT molecular complexity index is 1270. The van der Waals surface area contributed by atoms with Gasteiger partial charge in [-0.15, -0.1) is 0 Å². The van der Waals surface area contributed by atoms with Gasteiger partial charge in [0.1, 0.15) is 5.58 Å². The van der Waals surface area contributed by atoms with Crippen molar-refractivity contribution in [3.8, 4) is 5.69 Å². The lowest BCUT2D eigenvalue weighted by Crippen LogP contribution is -2.16. The number of rotatable bonds is 5. The quantitative estimate of drug-likeness (QED) is 0.294. The number of halogens is 1. The first-order valence-corrected chi connectivity index (χ1v) is 10.6. The maximum Gasteiger partial charge on any atom is 0.307 e. The highest BCUT2D eigenvalue weighted by atomic mass is 79.9. The Hall–Kier alpha value is -3.12. The van der Waals surface area contributed by atoms with E-state index in [9.17, 15) is 4.79 Å². The molecule has 0 spiro atoms. The summed E-state index contributed by atoms with van der Waals surface area (Å²) in [5.41, 5.74) is 8.81. The van der Waals surface area contributed by atoms with Crippen LogP contribution in [0.3, 0.4) is 0 Å². The molecule has 5 nitrogen and oxygen atoms in total. The van der Waals surface area contributed by atoms with Gasteiger partial charge in [-0.05, 0) is 62.2 Å². The second-order valence-corrected chi connectivity index (χ2v) is 8.05. The molecule has 0 saturated carbocycles. The van der Waals surface area contributed by atoms with E-state index in [-0.39, 0.29) is 11.7 Å². The molecule has 0 unspecified atom stereocenters. The number of aryl methyl sites for hydroxylation is 2. The largest absolute Gasteiger partial charge is 0.451 e. The average molecular weight is 464 g/mol. The smallest absolute Gasteiger partial charge is 0.307 e. The normalized spacial score (nSPS) is 11.5. The number of fused-ring (bicyclic) bond motifs is 1. The van der Waals surface area contributed by atoms with Gasteiger partial charge in [0, 0.05) is 32.5 Å². The van der Waals surface area contributed by atoms with Crippen LogP contribution in [0.5, 0.6) is 0 Å². The molecule has 2 aromatic carbocycles. The maximum absolute atomic E-state index is 12.4. The molecule has 4 rings (SSSR count). The molecule has 0 saturated heterocycles. The molecule has 1 amide bonds. The predicted octanol–water partition coefficient (Wildman–Crippen LogP) is 5.93. The second kappa shape index (κ2) is 8.32. The van der Waals surface area contributed by atoms with Crippen molar-refractivity contribution >= 4 is 39.0 Å². The number of nitrogens with one attached hydrogen (secondary N) is 1. The van der Waals surface area contributed by atoms with Crippen molar-refractivity contribution in [3.05, 3.63) is 87.3 Å². The van der Waals surface area contributed by atoms with Crippen molar-refractivity contribution in [2.75, 3.05) is 0 Å². The molecule has 4 aromatic rings. The van der Waals surface area contributed by atoms with Gasteiger partial charge in [-0.2, -0.15) is 5.10 Å². The Labute approximate surface area is 183 Å². The minimum Gasteiger partial charge on any atom is -0.451 e. The topological polar surface area (TPSA) is 59.5 Å². The molecule has 0 atom stereocenters. The Balaban J connectivity index is 1.55. The molecule has 30 heavy (non-hydrogen) atoms. The molecule has 0 bridgehead atoms. The van der Waals surface area contributed by atoms with E-state index >= 15 is 0 Å². The summed E-state index contributed by atoms with van der Waals surface area (Å²) in [4.78, 5) is 12.4. The zero-order chi connectivity index (χ0) is 21.3. The summed E-state index contributed by atoms with van der Waals surface area (Å²) < 4.78 is 8.76. The van der Waals surface area contributed by atoms with Crippen LogP contribution in [0.2, 0.25) is 0 Å². The molecule has 6 heteroatoms. The lowest BCUT2D eigenvalue weighted by Gasteiger charge is -2.13. The van der Waals surface area contributed by atoms with Crippen molar-refractivity contribution in [2.45, 2.75) is 27.2 Å². The van der Waals surface area contributed by atoms with E-state index in [1.807, 2.05) is 24.3 Å². The lowest BCUT2D eigenvalue weighted by molar-refractivity contribution is 0.0929. The SMILES string of the molecule is CCc1ccccc1-n1c(C)cc(/C=N/NC(=O)c2cc3cc(Br)ccc3o2)c1C. The van der Waals surface area contributed by atoms with E-state index < -0.39 is 0 Å². The first kappa shape index (κ1) is 20.2. The minimum atomic E-state index is -0.385. The van der Waals surface area contributed by atoms with Crippen LogP contribution in [-0.4, -0.2) is 16.7 Å². The summed E-state index contributed by atoms with van der Waals surface area (Å²) in [6.07, 6.45) is 2.63. The van der Waals surface area contributed by atoms with Crippen LogP contribution in [0.1, 0.15) is 40.0 Å². The van der Waals surface area contributed by atoms with E-state index in [4.69, 9.17) is 4.42 Å². The van der Waals surface area contributed by atoms with Crippen molar-refractivity contribution < 1.29 is 9.21 Å². The number of benzene rings is 2. The van der Waals surface area contributed by atoms with Gasteiger partial charge in [0.15, 0.2) is 5.76 Å². The van der Waals surface area contributed by atoms with Gasteiger partial charge < -0.3 is 8.98 Å². The van der Waals surface area contributed by atoms with E-state index in [2.05, 4.69) is 76.1 Å². The molecule has 0 fully saturated rings. The van der Waals surface area contributed by atoms with Crippen LogP contribution >= 0.6 is 15.9 Å². The number of carbonyl (C=O) groups is 1. The van der Waals surface area contributed by atoms with Crippen molar-refractivity contribution in [1.82, 2.24) is 9.99 Å². The number of hydrogen-bond donors (Lipinski definition) is 1. The second-order valence-electron chi connectivity index (χ2n) is 7.14. The number of nitrogens with zero attached hydrogens (tertiary/aromatic N) is 2. The van der Waals surface area contributed by atoms with E-state index in [1.165, 1.54) is 11.3 Å². The molecule has 1 N–H and O–H groups in total. The first-order valence-electron chi connectivity index (χ1n) is 9.77. The summed E-state index contributed by atoms with van der Waals surface area (Å²) in [5, 5.41) is 5.01. The maximum atomic E-state index is 12.4. The molecule has 2 heterocycles. The fourth-order valence-electron chi connectivity index (χ4n) is 3.66. The fraction of sp³-hybridized carbons (Fsp3) is 0.167. The molecular formula is C24H22BrN3O2. The van der Waals surface area contributed by atoms with Crippen LogP contribution in [0.4, 0.5) is 0 Å². The van der Waals surface area contributed by atoms with Crippen molar-refractivity contribution in [3.63, 3.8) is 0 Å². The zero-order valence-corrected chi connectivity index (χ0v) is 18.7. The summed E-state index contributed by atoms with van der Waals surface area (Å²) in [6.45, 7) is 6.28. The third-order valence-corrected chi connectivity index (χ3v) is 5.65. The monoisotopic (exact) mass is 463 g/mol. The number of amides is 1. The number of para-hydroxylation sites is 1. The predicted molar refractivity (Wildman–Crippen MR) is 124 cm³/mol. The van der Waals surface area contributed by atoms with Crippen LogP contribution in [0, 0.1) is 13.8 Å². The molecule has 0 aliphatic carbocycles. The van der Waals surface area contributed by atoms with E-state index in [1.54, 1.807) is 12.3 Å². The highest BCUT2D eigenvalue weighted by molar-refractivity contribution is 9.10. The molecule has 0 aliphatic heterocycles. The van der Waals surface area contributed by atoms with Crippen molar-refractivity contribution in [2.24, 2.45) is 5.10 Å². The van der Waals surface area contributed by atoms with Gasteiger partial charge in [0.05, 0.1) is 6.21 Å². The number of furan rings is 1. The number of hydrogen-bond acceptors (Lipinski definition) is 3. The third-order valence-electron chi connectivity index (χ3n) is 5.16. The van der Waals surface area contributed by atoms with Gasteiger partial charge in [0.2, 0.25) is 0 Å². The van der Waals surface area contributed by atoms with Crippen LogP contribution < -0.4 is 5.43 Å². The van der Waals surface area contributed by atoms with Crippen LogP contribution in [0.25, 0.3) is 16.7 Å². The number of carbonyl (C=O) groups excluding carboxylic acids is 1. The van der Waals surface area contributed by atoms with Gasteiger partial charge in [0.25, 0.3) is 0 Å². The fourth-order valence-corrected chi connectivity index (χ4v) is 4.04. The molecule has 152 valence electrons. The summed E-state index contributed by atoms with van der Waals surface area (Å²) in [5.74, 6) is -0.161. The van der Waals surface area contributed by atoms with Gasteiger partial charge >= 0.3 is 5.91 Å². The average Bonchev–Trinajstić information content (AvgIpc) is 3.28. The van der Waals surface area contributed by atoms with Gasteiger partial charge in [-0.3, -0.25) is 4.79 Å². The first-order chi connectivity index (χ1) is 14.5. The van der Waals surface area contributed by atoms with Crippen molar-refractivity contribution in [1.29, 1.82) is 0 Å². The van der Waals surface area contributed by atoms with E-state index in [0.29, 0.717) is 5.58 Å². The molecule has 0 aliphatic rings. The zero-order valence-electron chi connectivity index (χ0n) is 17.1. The minimum absolute atomic E-state index is 0.225. The summed E-state index contributed by atoms with van der Waals surface area (Å²) >= 11 is 3.42. The van der Waals surface area contributed by atoms with E-state index in [0.717, 1.165) is 33.2 Å². The van der Waals surface area contributed by atoms with Crippen LogP contribution in [0.15, 0.2) is 68.6 Å². The Morgan fingerprint density at radius 1 is 1.17 bits per heavy atom. The number of aromatic nitrogens is 1. The lowest BCUT2D eigenvalue weighted by atomic mass is 10.1. The van der Waals surface area contributed by atoms with Gasteiger partial charge in [-0.25, -0.2) is 5.43 Å². The van der Waals surface area contributed by atoms with Gasteiger partial charge in [-0.1, -0.05) is 41.1 Å². The summed E-state index contributed by atoms with van der Waals surface area (Å²) in [6, 6.07) is 17.8. The highest BCUT2D eigenvalue weighted by Gasteiger charge is 2.13.